The van der Waals surface area contributed by atoms with Gasteiger partial charge in [-0.3, -0.25) is 0 Å². The summed E-state index contributed by atoms with van der Waals surface area (Å²) in [6.07, 6.45) is 8.41. The first-order chi connectivity index (χ1) is 15.1. The van der Waals surface area contributed by atoms with Crippen molar-refractivity contribution in [3.63, 3.8) is 0 Å². The van der Waals surface area contributed by atoms with Crippen LogP contribution < -0.4 is 4.74 Å². The number of cyclic esters (lactones) is 1. The van der Waals surface area contributed by atoms with Crippen LogP contribution >= 0.6 is 0 Å². The number of methoxy groups -OCH3 is 1. The predicted octanol–water partition coefficient (Wildman–Crippen LogP) is 5.29. The van der Waals surface area contributed by atoms with Crippen molar-refractivity contribution in [2.45, 2.75) is 72.1 Å². The topological polar surface area (TPSA) is 63.2 Å². The smallest absolute Gasteiger partial charge is 0.342 e. The second kappa shape index (κ2) is 10.2. The zero-order chi connectivity index (χ0) is 23.5. The van der Waals surface area contributed by atoms with Crippen LogP contribution in [0.25, 0.3) is 6.08 Å². The van der Waals surface area contributed by atoms with Crippen LogP contribution in [-0.2, 0) is 18.9 Å². The minimum Gasteiger partial charge on any atom is -0.467 e. The molecule has 0 N–H and O–H groups in total. The maximum atomic E-state index is 13.2. The number of hydrogen-bond donors (Lipinski definition) is 0. The van der Waals surface area contributed by atoms with Gasteiger partial charge in [0.1, 0.15) is 17.4 Å². The van der Waals surface area contributed by atoms with Crippen molar-refractivity contribution in [3.8, 4) is 5.75 Å². The van der Waals surface area contributed by atoms with Gasteiger partial charge in [-0.05, 0) is 51.3 Å². The summed E-state index contributed by atoms with van der Waals surface area (Å²) in [4.78, 5) is 13.2. The Bertz CT molecular complexity index is 871. The first-order valence-corrected chi connectivity index (χ1v) is 11.3. The first kappa shape index (κ1) is 24.5. The van der Waals surface area contributed by atoms with Crippen molar-refractivity contribution in [2.24, 2.45) is 11.8 Å². The Balaban J connectivity index is 2.04. The lowest BCUT2D eigenvalue weighted by Crippen LogP contribution is -2.29. The van der Waals surface area contributed by atoms with Crippen LogP contribution in [0.4, 0.5) is 0 Å². The van der Waals surface area contributed by atoms with Crippen LogP contribution in [0.1, 0.15) is 62.5 Å². The van der Waals surface area contributed by atoms with Crippen molar-refractivity contribution >= 4 is 12.0 Å². The lowest BCUT2D eigenvalue weighted by atomic mass is 9.94. The number of benzene rings is 1. The largest absolute Gasteiger partial charge is 0.467 e. The maximum Gasteiger partial charge on any atom is 0.342 e. The number of esters is 1. The summed E-state index contributed by atoms with van der Waals surface area (Å²) in [5.74, 6) is -0.398. The van der Waals surface area contributed by atoms with Crippen LogP contribution in [-0.4, -0.2) is 44.0 Å². The lowest BCUT2D eigenvalue weighted by Gasteiger charge is -2.23. The molecule has 1 aromatic carbocycles. The van der Waals surface area contributed by atoms with E-state index in [1.165, 1.54) is 0 Å². The van der Waals surface area contributed by atoms with Crippen LogP contribution in [0.15, 0.2) is 30.4 Å². The number of hydrogen-bond acceptors (Lipinski definition) is 6. The van der Waals surface area contributed by atoms with Gasteiger partial charge in [-0.25, -0.2) is 4.79 Å². The molecule has 1 aromatic rings. The highest BCUT2D eigenvalue weighted by molar-refractivity contribution is 5.97. The summed E-state index contributed by atoms with van der Waals surface area (Å²) in [5, 5.41) is 0. The van der Waals surface area contributed by atoms with E-state index in [2.05, 4.69) is 19.1 Å². The summed E-state index contributed by atoms with van der Waals surface area (Å²) in [5.41, 5.74) is 2.13. The van der Waals surface area contributed by atoms with Gasteiger partial charge in [-0.1, -0.05) is 44.2 Å². The molecular weight excluding hydrogens is 408 g/mol. The summed E-state index contributed by atoms with van der Waals surface area (Å²) in [6.45, 7) is 12.0. The van der Waals surface area contributed by atoms with Crippen molar-refractivity contribution in [1.29, 1.82) is 0 Å². The molecule has 32 heavy (non-hydrogen) atoms. The molecule has 5 atom stereocenters. The summed E-state index contributed by atoms with van der Waals surface area (Å²) in [7, 11) is 1.55. The van der Waals surface area contributed by atoms with E-state index < -0.39 is 11.8 Å². The molecule has 0 bridgehead atoms. The molecule has 0 saturated carbocycles. The second-order valence-corrected chi connectivity index (χ2v) is 9.27. The Kier molecular flexibility index (Phi) is 7.80. The number of carbonyl (C=O) groups excluding carboxylic acids is 1. The van der Waals surface area contributed by atoms with E-state index in [1.54, 1.807) is 7.11 Å². The molecule has 1 saturated heterocycles. The van der Waals surface area contributed by atoms with Gasteiger partial charge in [-0.15, -0.1) is 0 Å². The minimum absolute atomic E-state index is 0.0332. The first-order valence-electron chi connectivity index (χ1n) is 11.3. The van der Waals surface area contributed by atoms with Crippen molar-refractivity contribution in [1.82, 2.24) is 0 Å². The van der Waals surface area contributed by atoms with E-state index >= 15 is 0 Å². The van der Waals surface area contributed by atoms with Gasteiger partial charge in [0, 0.05) is 18.9 Å². The van der Waals surface area contributed by atoms with Crippen LogP contribution in [0.3, 0.4) is 0 Å². The number of fused-ring (bicyclic) bond motifs is 2. The minimum atomic E-state index is -0.632. The van der Waals surface area contributed by atoms with Crippen LogP contribution in [0.5, 0.6) is 5.75 Å². The summed E-state index contributed by atoms with van der Waals surface area (Å²) >= 11 is 0. The molecular formula is C26H36O6. The molecule has 3 rings (SSSR count). The molecule has 0 aliphatic carbocycles. The normalized spacial score (nSPS) is 32.2. The van der Waals surface area contributed by atoms with Gasteiger partial charge in [0.05, 0.1) is 12.2 Å². The molecule has 0 aromatic heterocycles. The van der Waals surface area contributed by atoms with Crippen molar-refractivity contribution < 1.29 is 28.5 Å². The number of aryl methyl sites for hydroxylation is 1. The zero-order valence-corrected chi connectivity index (χ0v) is 20.2. The summed E-state index contributed by atoms with van der Waals surface area (Å²) < 4.78 is 29.1. The molecule has 1 unspecified atom stereocenters. The second-order valence-electron chi connectivity index (χ2n) is 9.27. The lowest BCUT2D eigenvalue weighted by molar-refractivity contribution is -0.148. The van der Waals surface area contributed by atoms with Gasteiger partial charge in [0.25, 0.3) is 0 Å². The molecule has 2 heterocycles. The summed E-state index contributed by atoms with van der Waals surface area (Å²) in [6, 6.07) is 3.79. The average molecular weight is 445 g/mol. The molecule has 0 spiro atoms. The fraction of sp³-hybridized carbons (Fsp3) is 0.577. The van der Waals surface area contributed by atoms with Gasteiger partial charge in [0.2, 0.25) is 0 Å². The third kappa shape index (κ3) is 5.80. The highest BCUT2D eigenvalue weighted by atomic mass is 16.8. The standard InChI is InChI=1S/C26H36O6/c1-16-13-20-9-8-10-21-24(32-26(5,6)31-21)18(3)12-11-17(2)19(4)30-25(27)23(20)22(14-16)29-15-28-7/h8-9,11-14,17-19,21,24H,10,15H2,1-7H3/b9-8+,12-11-/t17-,18?,19+,21+,24-/m1/s1. The maximum absolute atomic E-state index is 13.2. The Hall–Kier alpha value is -2.15. The van der Waals surface area contributed by atoms with Crippen molar-refractivity contribution in [2.75, 3.05) is 13.9 Å². The van der Waals surface area contributed by atoms with Gasteiger partial charge in [0.15, 0.2) is 12.6 Å². The third-order valence-electron chi connectivity index (χ3n) is 5.97. The quantitative estimate of drug-likeness (QED) is 0.359. The SMILES string of the molecule is COCOc1cc(C)cc2c1C(=O)O[C@@H](C)[C@H](C)/C=C\C(C)[C@H]1OC(C)(C)O[C@H]1C/C=C/2. The van der Waals surface area contributed by atoms with E-state index in [0.29, 0.717) is 17.7 Å². The molecule has 6 nitrogen and oxygen atoms in total. The van der Waals surface area contributed by atoms with E-state index in [9.17, 15) is 4.79 Å². The van der Waals surface area contributed by atoms with Crippen LogP contribution in [0, 0.1) is 18.8 Å². The number of carbonyl (C=O) groups is 1. The highest BCUT2D eigenvalue weighted by Crippen LogP contribution is 2.35. The third-order valence-corrected chi connectivity index (χ3v) is 5.97. The molecule has 0 amide bonds. The molecule has 2 aliphatic heterocycles. The van der Waals surface area contributed by atoms with E-state index in [0.717, 1.165) is 11.1 Å². The van der Waals surface area contributed by atoms with E-state index in [1.807, 2.05) is 58.9 Å². The number of ether oxygens (including phenoxy) is 5. The van der Waals surface area contributed by atoms with E-state index in [-0.39, 0.29) is 36.9 Å². The number of rotatable bonds is 3. The van der Waals surface area contributed by atoms with E-state index in [4.69, 9.17) is 23.7 Å². The van der Waals surface area contributed by atoms with Gasteiger partial charge < -0.3 is 23.7 Å². The Morgan fingerprint density at radius 2 is 1.81 bits per heavy atom. The molecule has 6 heteroatoms. The van der Waals surface area contributed by atoms with Crippen molar-refractivity contribution in [3.05, 3.63) is 47.1 Å². The van der Waals surface area contributed by atoms with Gasteiger partial charge >= 0.3 is 5.97 Å². The molecule has 2 aliphatic rings. The monoisotopic (exact) mass is 444 g/mol. The zero-order valence-electron chi connectivity index (χ0n) is 20.2. The molecule has 0 radical (unpaired) electrons. The van der Waals surface area contributed by atoms with Crippen LogP contribution in [0.2, 0.25) is 0 Å². The fourth-order valence-corrected chi connectivity index (χ4v) is 4.14. The fourth-order valence-electron chi connectivity index (χ4n) is 4.14. The molecule has 176 valence electrons. The highest BCUT2D eigenvalue weighted by Gasteiger charge is 2.42. The Labute approximate surface area is 191 Å². The molecule has 1 fully saturated rings. The average Bonchev–Trinajstić information content (AvgIpc) is 3.03. The van der Waals surface area contributed by atoms with Gasteiger partial charge in [-0.2, -0.15) is 0 Å². The Morgan fingerprint density at radius 1 is 1.09 bits per heavy atom. The predicted molar refractivity (Wildman–Crippen MR) is 124 cm³/mol. The Morgan fingerprint density at radius 3 is 2.53 bits per heavy atom.